The minimum atomic E-state index is 0.148. The van der Waals surface area contributed by atoms with Crippen molar-refractivity contribution in [2.45, 2.75) is 54.9 Å². The molecule has 186 valence electrons. The fraction of sp³-hybridized carbons (Fsp3) is 0.265. The van der Waals surface area contributed by atoms with E-state index in [0.29, 0.717) is 0 Å². The van der Waals surface area contributed by atoms with Crippen LogP contribution >= 0.6 is 11.3 Å². The number of para-hydroxylation sites is 1. The molecule has 3 aromatic carbocycles. The van der Waals surface area contributed by atoms with E-state index in [9.17, 15) is 0 Å². The van der Waals surface area contributed by atoms with Crippen molar-refractivity contribution in [2.75, 3.05) is 0 Å². The molecule has 0 N–H and O–H groups in total. The smallest absolute Gasteiger partial charge is 0.144 e. The van der Waals surface area contributed by atoms with Crippen LogP contribution in [0.4, 0.5) is 0 Å². The first-order valence-corrected chi connectivity index (χ1v) is 13.8. The molecular weight excluding hydrogens is 470 g/mol. The van der Waals surface area contributed by atoms with Crippen molar-refractivity contribution in [3.8, 4) is 22.4 Å². The number of aromatic nitrogens is 1. The summed E-state index contributed by atoms with van der Waals surface area (Å²) in [6.45, 7) is 15.7. The summed E-state index contributed by atoms with van der Waals surface area (Å²) in [6, 6.07) is 19.7. The van der Waals surface area contributed by atoms with Crippen molar-refractivity contribution in [3.05, 3.63) is 87.9 Å². The molecule has 0 amide bonds. The minimum absolute atomic E-state index is 0.148. The van der Waals surface area contributed by atoms with Gasteiger partial charge in [-0.1, -0.05) is 51.1 Å². The molecule has 0 aliphatic rings. The number of benzene rings is 3. The van der Waals surface area contributed by atoms with Gasteiger partial charge in [-0.2, -0.15) is 0 Å². The Hall–Kier alpha value is -3.43. The molecule has 0 atom stereocenters. The Morgan fingerprint density at radius 2 is 1.51 bits per heavy atom. The molecule has 0 radical (unpaired) electrons. The lowest BCUT2D eigenvalue weighted by Gasteiger charge is -2.22. The zero-order chi connectivity index (χ0) is 26.1. The first-order chi connectivity index (χ1) is 17.6. The lowest BCUT2D eigenvalue weighted by atomic mass is 9.83. The van der Waals surface area contributed by atoms with E-state index in [1.807, 2.05) is 11.3 Å². The molecule has 37 heavy (non-hydrogen) atoms. The largest absolute Gasteiger partial charge is 0.455 e. The molecule has 6 rings (SSSR count). The second-order valence-electron chi connectivity index (χ2n) is 11.6. The Kier molecular flexibility index (Phi) is 5.54. The van der Waals surface area contributed by atoms with Crippen molar-refractivity contribution in [1.29, 1.82) is 0 Å². The molecule has 0 fully saturated rings. The summed E-state index contributed by atoms with van der Waals surface area (Å²) in [5, 5.41) is 3.57. The van der Waals surface area contributed by atoms with Crippen molar-refractivity contribution in [3.63, 3.8) is 0 Å². The summed E-state index contributed by atoms with van der Waals surface area (Å²) in [4.78, 5) is 6.39. The molecule has 0 spiro atoms. The predicted octanol–water partition coefficient (Wildman–Crippen LogP) is 10.4. The van der Waals surface area contributed by atoms with Crippen LogP contribution in [0.1, 0.15) is 47.9 Å². The molecule has 2 nitrogen and oxygen atoms in total. The van der Waals surface area contributed by atoms with Gasteiger partial charge in [0.05, 0.1) is 5.69 Å². The van der Waals surface area contributed by atoms with Crippen LogP contribution in [-0.2, 0) is 6.42 Å². The van der Waals surface area contributed by atoms with Gasteiger partial charge in [-0.25, -0.2) is 0 Å². The highest BCUT2D eigenvalue weighted by molar-refractivity contribution is 7.19. The van der Waals surface area contributed by atoms with E-state index in [1.54, 1.807) is 0 Å². The minimum Gasteiger partial charge on any atom is -0.455 e. The third-order valence-corrected chi connectivity index (χ3v) is 8.70. The lowest BCUT2D eigenvalue weighted by molar-refractivity contribution is 0.411. The third kappa shape index (κ3) is 3.97. The van der Waals surface area contributed by atoms with Crippen LogP contribution in [0, 0.1) is 33.1 Å². The molecule has 3 heterocycles. The van der Waals surface area contributed by atoms with Gasteiger partial charge in [0, 0.05) is 43.1 Å². The number of hydrogen-bond donors (Lipinski definition) is 0. The quantitative estimate of drug-likeness (QED) is 0.240. The average Bonchev–Trinajstić information content (AvgIpc) is 3.35. The van der Waals surface area contributed by atoms with E-state index in [1.165, 1.54) is 53.7 Å². The molecule has 0 bridgehead atoms. The van der Waals surface area contributed by atoms with Crippen LogP contribution in [0.25, 0.3) is 54.4 Å². The number of nitrogens with zero attached hydrogens (tertiary/aromatic N) is 1. The molecular formula is C34H33NOS. The summed E-state index contributed by atoms with van der Waals surface area (Å²) in [7, 11) is 0. The summed E-state index contributed by atoms with van der Waals surface area (Å²) in [6.07, 6.45) is 3.05. The number of rotatable bonds is 3. The van der Waals surface area contributed by atoms with E-state index >= 15 is 0 Å². The SMILES string of the molecule is Cc1cccc(C)c1-c1cnc(-c2cccc3c2oc2c3ccc3sc(C)c(C)c32)cc1CC(C)(C)C. The second-order valence-corrected chi connectivity index (χ2v) is 12.9. The van der Waals surface area contributed by atoms with Crippen LogP contribution in [0.3, 0.4) is 0 Å². The summed E-state index contributed by atoms with van der Waals surface area (Å²) < 4.78 is 7.99. The van der Waals surface area contributed by atoms with Gasteiger partial charge in [0.15, 0.2) is 0 Å². The standard InChI is InChI=1S/C34H33NOS/c1-19-10-8-11-20(2)30(19)27-18-35-28(16-23(27)17-34(5,6)7)26-13-9-12-24-25-14-15-29-31(21(3)22(4)37-29)33(25)36-32(24)26/h8-16,18H,17H2,1-7H3. The summed E-state index contributed by atoms with van der Waals surface area (Å²) in [5.41, 5.74) is 11.8. The number of pyridine rings is 1. The highest BCUT2D eigenvalue weighted by atomic mass is 32.1. The second kappa shape index (κ2) is 8.56. The van der Waals surface area contributed by atoms with E-state index in [2.05, 4.69) is 109 Å². The van der Waals surface area contributed by atoms with Crippen molar-refractivity contribution >= 4 is 43.4 Å². The molecule has 3 heteroatoms. The van der Waals surface area contributed by atoms with Crippen molar-refractivity contribution in [1.82, 2.24) is 4.98 Å². The number of fused-ring (bicyclic) bond motifs is 5. The molecule has 0 saturated carbocycles. The Labute approximate surface area is 223 Å². The van der Waals surface area contributed by atoms with Gasteiger partial charge in [0.2, 0.25) is 0 Å². The predicted molar refractivity (Wildman–Crippen MR) is 160 cm³/mol. The molecule has 0 saturated heterocycles. The van der Waals surface area contributed by atoms with Gasteiger partial charge < -0.3 is 4.42 Å². The van der Waals surface area contributed by atoms with Crippen LogP contribution in [0.2, 0.25) is 0 Å². The number of aryl methyl sites for hydroxylation is 4. The molecule has 0 unspecified atom stereocenters. The highest BCUT2D eigenvalue weighted by Crippen LogP contribution is 2.43. The van der Waals surface area contributed by atoms with Gasteiger partial charge in [-0.15, -0.1) is 11.3 Å². The maximum absolute atomic E-state index is 6.71. The Bertz CT molecular complexity index is 1810. The fourth-order valence-corrected chi connectivity index (χ4v) is 6.80. The number of hydrogen-bond acceptors (Lipinski definition) is 3. The van der Waals surface area contributed by atoms with Crippen molar-refractivity contribution < 1.29 is 4.42 Å². The maximum atomic E-state index is 6.71. The molecule has 6 aromatic rings. The van der Waals surface area contributed by atoms with E-state index in [0.717, 1.165) is 34.2 Å². The van der Waals surface area contributed by atoms with Gasteiger partial charge in [-0.3, -0.25) is 4.98 Å². The first kappa shape index (κ1) is 23.9. The molecule has 0 aliphatic heterocycles. The van der Waals surface area contributed by atoms with Gasteiger partial charge >= 0.3 is 0 Å². The van der Waals surface area contributed by atoms with Gasteiger partial charge in [-0.05, 0) is 91.6 Å². The van der Waals surface area contributed by atoms with E-state index in [4.69, 9.17) is 9.40 Å². The first-order valence-electron chi connectivity index (χ1n) is 13.0. The molecule has 3 aromatic heterocycles. The monoisotopic (exact) mass is 503 g/mol. The van der Waals surface area contributed by atoms with Crippen LogP contribution in [-0.4, -0.2) is 4.98 Å². The Morgan fingerprint density at radius 3 is 2.24 bits per heavy atom. The normalized spacial score (nSPS) is 12.3. The van der Waals surface area contributed by atoms with Crippen LogP contribution < -0.4 is 0 Å². The lowest BCUT2D eigenvalue weighted by Crippen LogP contribution is -2.11. The number of thiophene rings is 1. The average molecular weight is 504 g/mol. The third-order valence-electron chi connectivity index (χ3n) is 7.53. The maximum Gasteiger partial charge on any atom is 0.144 e. The number of furan rings is 1. The van der Waals surface area contributed by atoms with Crippen LogP contribution in [0.15, 0.2) is 65.2 Å². The van der Waals surface area contributed by atoms with E-state index in [-0.39, 0.29) is 5.41 Å². The van der Waals surface area contributed by atoms with E-state index < -0.39 is 0 Å². The van der Waals surface area contributed by atoms with Crippen molar-refractivity contribution in [2.24, 2.45) is 5.41 Å². The van der Waals surface area contributed by atoms with Crippen LogP contribution in [0.5, 0.6) is 0 Å². The highest BCUT2D eigenvalue weighted by Gasteiger charge is 2.21. The summed E-state index contributed by atoms with van der Waals surface area (Å²) in [5.74, 6) is 0. The topological polar surface area (TPSA) is 26.0 Å². The fourth-order valence-electron chi connectivity index (χ4n) is 5.73. The molecule has 0 aliphatic carbocycles. The summed E-state index contributed by atoms with van der Waals surface area (Å²) >= 11 is 1.84. The Balaban J connectivity index is 1.60. The van der Waals surface area contributed by atoms with Gasteiger partial charge in [0.25, 0.3) is 0 Å². The zero-order valence-electron chi connectivity index (χ0n) is 22.7. The Morgan fingerprint density at radius 1 is 0.811 bits per heavy atom. The van der Waals surface area contributed by atoms with Gasteiger partial charge in [0.1, 0.15) is 11.2 Å². The zero-order valence-corrected chi connectivity index (χ0v) is 23.6.